The smallest absolute Gasteiger partial charge is 0.323 e. The first-order chi connectivity index (χ1) is 8.85. The molecule has 2 atom stereocenters. The first kappa shape index (κ1) is 16.4. The van der Waals surface area contributed by atoms with Crippen LogP contribution in [-0.2, 0) is 4.79 Å². The van der Waals surface area contributed by atoms with E-state index in [9.17, 15) is 9.90 Å². The number of unbranched alkanes of at least 4 members (excludes halogenated alkanes) is 1. The average molecular weight is 270 g/mol. The summed E-state index contributed by atoms with van der Waals surface area (Å²) < 4.78 is 0. The number of likely N-dealkylation sites (tertiary alicyclic amines) is 1. The zero-order chi connectivity index (χ0) is 14.5. The van der Waals surface area contributed by atoms with Gasteiger partial charge in [-0.15, -0.1) is 0 Å². The number of carbonyl (C=O) groups is 1. The molecule has 2 N–H and O–H groups in total. The molecule has 0 aromatic carbocycles. The van der Waals surface area contributed by atoms with Crippen LogP contribution in [0.2, 0.25) is 0 Å². The van der Waals surface area contributed by atoms with Gasteiger partial charge in [-0.3, -0.25) is 10.1 Å². The fourth-order valence-electron chi connectivity index (χ4n) is 3.00. The van der Waals surface area contributed by atoms with Gasteiger partial charge in [-0.25, -0.2) is 0 Å². The minimum Gasteiger partial charge on any atom is -0.480 e. The summed E-state index contributed by atoms with van der Waals surface area (Å²) in [6, 6.07) is 0.902. The van der Waals surface area contributed by atoms with E-state index in [2.05, 4.69) is 17.1 Å². The summed E-state index contributed by atoms with van der Waals surface area (Å²) >= 11 is 0. The molecule has 0 aromatic rings. The van der Waals surface area contributed by atoms with Crippen molar-refractivity contribution in [3.05, 3.63) is 0 Å². The largest absolute Gasteiger partial charge is 0.480 e. The molecule has 0 aliphatic carbocycles. The molecule has 0 spiro atoms. The van der Waals surface area contributed by atoms with Crippen LogP contribution < -0.4 is 5.32 Å². The second-order valence-corrected chi connectivity index (χ2v) is 6.42. The zero-order valence-electron chi connectivity index (χ0n) is 12.9. The van der Waals surface area contributed by atoms with Crippen LogP contribution in [0, 0.1) is 0 Å². The van der Waals surface area contributed by atoms with Crippen LogP contribution in [0.4, 0.5) is 0 Å². The quantitative estimate of drug-likeness (QED) is 0.665. The molecule has 0 radical (unpaired) electrons. The maximum Gasteiger partial charge on any atom is 0.323 e. The van der Waals surface area contributed by atoms with Gasteiger partial charge < -0.3 is 10.0 Å². The Morgan fingerprint density at radius 3 is 2.63 bits per heavy atom. The Kier molecular flexibility index (Phi) is 6.27. The SMILES string of the molecule is CC(C)NC(C)(CCCCN1CCCC1C)C(=O)O. The third kappa shape index (κ3) is 5.11. The van der Waals surface area contributed by atoms with Crippen molar-refractivity contribution in [2.45, 2.75) is 77.4 Å². The van der Waals surface area contributed by atoms with Crippen LogP contribution in [0.3, 0.4) is 0 Å². The number of nitrogens with zero attached hydrogens (tertiary/aromatic N) is 1. The highest BCUT2D eigenvalue weighted by molar-refractivity contribution is 5.78. The molecule has 0 amide bonds. The third-order valence-corrected chi connectivity index (χ3v) is 4.14. The summed E-state index contributed by atoms with van der Waals surface area (Å²) in [6.07, 6.45) is 5.37. The number of carboxylic acid groups (broad SMARTS) is 1. The summed E-state index contributed by atoms with van der Waals surface area (Å²) in [7, 11) is 0. The van der Waals surface area contributed by atoms with Gasteiger partial charge in [-0.05, 0) is 72.9 Å². The minimum absolute atomic E-state index is 0.194. The first-order valence-electron chi connectivity index (χ1n) is 7.60. The number of hydrogen-bond acceptors (Lipinski definition) is 3. The Morgan fingerprint density at radius 2 is 2.16 bits per heavy atom. The van der Waals surface area contributed by atoms with Gasteiger partial charge in [0, 0.05) is 12.1 Å². The second-order valence-electron chi connectivity index (χ2n) is 6.42. The summed E-state index contributed by atoms with van der Waals surface area (Å²) in [5.74, 6) is -0.740. The number of aliphatic carboxylic acids is 1. The van der Waals surface area contributed by atoms with Crippen molar-refractivity contribution in [2.75, 3.05) is 13.1 Å². The fourth-order valence-corrected chi connectivity index (χ4v) is 3.00. The Balaban J connectivity index is 2.30. The molecule has 1 aliphatic heterocycles. The van der Waals surface area contributed by atoms with Gasteiger partial charge in [0.2, 0.25) is 0 Å². The summed E-state index contributed by atoms with van der Waals surface area (Å²) in [4.78, 5) is 13.9. The molecule has 1 aliphatic rings. The summed E-state index contributed by atoms with van der Waals surface area (Å²) in [6.45, 7) is 10.4. The third-order valence-electron chi connectivity index (χ3n) is 4.14. The summed E-state index contributed by atoms with van der Waals surface area (Å²) in [5.41, 5.74) is -0.787. The number of carboxylic acids is 1. The highest BCUT2D eigenvalue weighted by Crippen LogP contribution is 2.19. The van der Waals surface area contributed by atoms with E-state index in [1.165, 1.54) is 19.4 Å². The standard InChI is InChI=1S/C15H30N2O2/c1-12(2)16-15(4,14(18)19)9-5-6-10-17-11-7-8-13(17)3/h12-13,16H,5-11H2,1-4H3,(H,18,19). The lowest BCUT2D eigenvalue weighted by Crippen LogP contribution is -2.52. The normalized spacial score (nSPS) is 23.7. The maximum absolute atomic E-state index is 11.4. The fraction of sp³-hybridized carbons (Fsp3) is 0.933. The van der Waals surface area contributed by atoms with E-state index in [4.69, 9.17) is 0 Å². The van der Waals surface area contributed by atoms with Gasteiger partial charge in [0.25, 0.3) is 0 Å². The van der Waals surface area contributed by atoms with Gasteiger partial charge in [0.15, 0.2) is 0 Å². The molecular formula is C15H30N2O2. The molecule has 1 saturated heterocycles. The maximum atomic E-state index is 11.4. The molecule has 0 bridgehead atoms. The van der Waals surface area contributed by atoms with Crippen LogP contribution in [0.5, 0.6) is 0 Å². The zero-order valence-corrected chi connectivity index (χ0v) is 12.9. The van der Waals surface area contributed by atoms with E-state index in [0.717, 1.165) is 19.4 Å². The molecule has 2 unspecified atom stereocenters. The number of hydrogen-bond donors (Lipinski definition) is 2. The van der Waals surface area contributed by atoms with Crippen LogP contribution in [0.1, 0.15) is 59.8 Å². The molecule has 4 heteroatoms. The molecule has 1 fully saturated rings. The van der Waals surface area contributed by atoms with Gasteiger partial charge in [0.1, 0.15) is 5.54 Å². The monoisotopic (exact) mass is 270 g/mol. The predicted molar refractivity (Wildman–Crippen MR) is 78.4 cm³/mol. The Morgan fingerprint density at radius 1 is 1.47 bits per heavy atom. The lowest BCUT2D eigenvalue weighted by atomic mass is 9.94. The Bertz CT molecular complexity index is 294. The highest BCUT2D eigenvalue weighted by Gasteiger charge is 2.32. The van der Waals surface area contributed by atoms with Crippen molar-refractivity contribution >= 4 is 5.97 Å². The average Bonchev–Trinajstić information content (AvgIpc) is 2.69. The molecule has 4 nitrogen and oxygen atoms in total. The topological polar surface area (TPSA) is 52.6 Å². The number of nitrogens with one attached hydrogen (secondary N) is 1. The van der Waals surface area contributed by atoms with Crippen molar-refractivity contribution < 1.29 is 9.90 Å². The van der Waals surface area contributed by atoms with Crippen LogP contribution >= 0.6 is 0 Å². The van der Waals surface area contributed by atoms with Gasteiger partial charge >= 0.3 is 5.97 Å². The van der Waals surface area contributed by atoms with Gasteiger partial charge in [-0.1, -0.05) is 0 Å². The van der Waals surface area contributed by atoms with E-state index < -0.39 is 11.5 Å². The molecular weight excluding hydrogens is 240 g/mol. The predicted octanol–water partition coefficient (Wildman–Crippen LogP) is 2.48. The Hall–Kier alpha value is -0.610. The molecule has 0 aromatic heterocycles. The van der Waals surface area contributed by atoms with Crippen molar-refractivity contribution in [1.29, 1.82) is 0 Å². The highest BCUT2D eigenvalue weighted by atomic mass is 16.4. The second kappa shape index (κ2) is 7.25. The van der Waals surface area contributed by atoms with E-state index in [1.54, 1.807) is 6.92 Å². The van der Waals surface area contributed by atoms with E-state index >= 15 is 0 Å². The molecule has 0 saturated carbocycles. The lowest BCUT2D eigenvalue weighted by molar-refractivity contribution is -0.144. The van der Waals surface area contributed by atoms with Crippen molar-refractivity contribution in [1.82, 2.24) is 10.2 Å². The van der Waals surface area contributed by atoms with Crippen LogP contribution in [0.25, 0.3) is 0 Å². The summed E-state index contributed by atoms with van der Waals surface area (Å²) in [5, 5.41) is 12.5. The molecule has 19 heavy (non-hydrogen) atoms. The van der Waals surface area contributed by atoms with E-state index in [-0.39, 0.29) is 6.04 Å². The van der Waals surface area contributed by atoms with Crippen molar-refractivity contribution in [2.24, 2.45) is 0 Å². The van der Waals surface area contributed by atoms with E-state index in [0.29, 0.717) is 12.5 Å². The minimum atomic E-state index is -0.787. The number of rotatable bonds is 8. The van der Waals surface area contributed by atoms with Gasteiger partial charge in [-0.2, -0.15) is 0 Å². The molecule has 1 heterocycles. The van der Waals surface area contributed by atoms with Crippen LogP contribution in [-0.4, -0.2) is 46.7 Å². The lowest BCUT2D eigenvalue weighted by Gasteiger charge is -2.29. The molecule has 1 rings (SSSR count). The van der Waals surface area contributed by atoms with Crippen LogP contribution in [0.15, 0.2) is 0 Å². The molecule has 112 valence electrons. The van der Waals surface area contributed by atoms with E-state index in [1.807, 2.05) is 13.8 Å². The van der Waals surface area contributed by atoms with Crippen molar-refractivity contribution in [3.8, 4) is 0 Å². The Labute approximate surface area is 117 Å². The van der Waals surface area contributed by atoms with Crippen molar-refractivity contribution in [3.63, 3.8) is 0 Å². The first-order valence-corrected chi connectivity index (χ1v) is 7.60. The van der Waals surface area contributed by atoms with Gasteiger partial charge in [0.05, 0.1) is 0 Å².